The number of nitrogen functional groups attached to an aromatic ring is 1. The third kappa shape index (κ3) is 3.81. The van der Waals surface area contributed by atoms with Crippen LogP contribution in [0.1, 0.15) is 19.4 Å². The quantitative estimate of drug-likeness (QED) is 0.493. The smallest absolute Gasteiger partial charge is 0.0571 e. The summed E-state index contributed by atoms with van der Waals surface area (Å²) >= 11 is 0. The Hall–Kier alpha value is -2.36. The van der Waals surface area contributed by atoms with E-state index in [4.69, 9.17) is 17.2 Å². The lowest BCUT2D eigenvalue weighted by Crippen LogP contribution is -2.04. The minimum atomic E-state index is 0.569. The van der Waals surface area contributed by atoms with Crippen molar-refractivity contribution in [3.8, 4) is 0 Å². The lowest BCUT2D eigenvalue weighted by Gasteiger charge is -2.08. The van der Waals surface area contributed by atoms with E-state index >= 15 is 0 Å². The number of allylic oxidation sites excluding steroid dienone is 5. The van der Waals surface area contributed by atoms with Crippen molar-refractivity contribution in [1.82, 2.24) is 0 Å². The van der Waals surface area contributed by atoms with Crippen molar-refractivity contribution in [2.24, 2.45) is 11.5 Å². The molecular formula is C15H22N4. The fourth-order valence-corrected chi connectivity index (χ4v) is 1.64. The highest BCUT2D eigenvalue weighted by molar-refractivity contribution is 5.79. The molecule has 0 aliphatic rings. The molecule has 1 rings (SSSR count). The maximum absolute atomic E-state index is 5.96. The molecule has 0 aromatic heterocycles. The van der Waals surface area contributed by atoms with Crippen LogP contribution < -0.4 is 22.5 Å². The Balaban J connectivity index is 3.06. The Kier molecular flexibility index (Phi) is 5.06. The van der Waals surface area contributed by atoms with Gasteiger partial charge in [-0.05, 0) is 43.2 Å². The summed E-state index contributed by atoms with van der Waals surface area (Å²) in [5.74, 6) is 0. The largest absolute Gasteiger partial charge is 0.401 e. The van der Waals surface area contributed by atoms with Crippen LogP contribution in [-0.2, 0) is 0 Å². The zero-order chi connectivity index (χ0) is 14.4. The average molecular weight is 258 g/mol. The molecule has 0 fully saturated rings. The predicted octanol–water partition coefficient (Wildman–Crippen LogP) is 2.42. The highest BCUT2D eigenvalue weighted by Crippen LogP contribution is 2.24. The van der Waals surface area contributed by atoms with Gasteiger partial charge in [-0.1, -0.05) is 18.2 Å². The zero-order valence-corrected chi connectivity index (χ0v) is 11.7. The molecule has 0 aliphatic heterocycles. The van der Waals surface area contributed by atoms with E-state index in [-0.39, 0.29) is 0 Å². The Labute approximate surface area is 114 Å². The number of hydrogen-bond donors (Lipinski definition) is 4. The molecule has 0 saturated carbocycles. The molecule has 0 spiro atoms. The van der Waals surface area contributed by atoms with Crippen molar-refractivity contribution in [2.45, 2.75) is 13.8 Å². The van der Waals surface area contributed by atoms with Crippen LogP contribution in [0.25, 0.3) is 5.57 Å². The van der Waals surface area contributed by atoms with Crippen LogP contribution in [0.15, 0.2) is 47.8 Å². The van der Waals surface area contributed by atoms with Crippen LogP contribution in [0.2, 0.25) is 0 Å². The van der Waals surface area contributed by atoms with E-state index in [2.05, 4.69) is 5.32 Å². The first kappa shape index (κ1) is 14.7. The molecule has 19 heavy (non-hydrogen) atoms. The summed E-state index contributed by atoms with van der Waals surface area (Å²) in [5.41, 5.74) is 22.2. The number of hydrogen-bond acceptors (Lipinski definition) is 4. The van der Waals surface area contributed by atoms with Crippen molar-refractivity contribution in [2.75, 3.05) is 18.1 Å². The van der Waals surface area contributed by atoms with Crippen molar-refractivity contribution in [3.63, 3.8) is 0 Å². The molecule has 4 heteroatoms. The summed E-state index contributed by atoms with van der Waals surface area (Å²) in [4.78, 5) is 0. The van der Waals surface area contributed by atoms with Crippen LogP contribution >= 0.6 is 0 Å². The minimum Gasteiger partial charge on any atom is -0.401 e. The topological polar surface area (TPSA) is 90.1 Å². The molecule has 1 aromatic carbocycles. The molecule has 0 radical (unpaired) electrons. The molecular weight excluding hydrogens is 236 g/mol. The highest BCUT2D eigenvalue weighted by Gasteiger charge is 2.01. The first-order chi connectivity index (χ1) is 8.99. The third-order valence-electron chi connectivity index (χ3n) is 2.86. The van der Waals surface area contributed by atoms with Crippen molar-refractivity contribution in [3.05, 3.63) is 53.4 Å². The number of nitrogens with one attached hydrogen (secondary N) is 1. The molecule has 0 bridgehead atoms. The van der Waals surface area contributed by atoms with Crippen LogP contribution in [-0.4, -0.2) is 7.05 Å². The van der Waals surface area contributed by atoms with Crippen molar-refractivity contribution >= 4 is 16.9 Å². The number of benzene rings is 1. The number of rotatable bonds is 4. The first-order valence-electron chi connectivity index (χ1n) is 6.13. The average Bonchev–Trinajstić information content (AvgIpc) is 2.39. The second-order valence-electron chi connectivity index (χ2n) is 4.27. The summed E-state index contributed by atoms with van der Waals surface area (Å²) in [6, 6.07) is 5.90. The van der Waals surface area contributed by atoms with Crippen molar-refractivity contribution < 1.29 is 0 Å². The highest BCUT2D eigenvalue weighted by atomic mass is 14.8. The van der Waals surface area contributed by atoms with Gasteiger partial charge in [-0.15, -0.1) is 0 Å². The second-order valence-corrected chi connectivity index (χ2v) is 4.27. The van der Waals surface area contributed by atoms with Gasteiger partial charge in [0.15, 0.2) is 0 Å². The van der Waals surface area contributed by atoms with Crippen LogP contribution in [0.5, 0.6) is 0 Å². The summed E-state index contributed by atoms with van der Waals surface area (Å²) < 4.78 is 0. The van der Waals surface area contributed by atoms with Crippen LogP contribution in [0.4, 0.5) is 11.4 Å². The van der Waals surface area contributed by atoms with Gasteiger partial charge in [0, 0.05) is 12.7 Å². The molecule has 7 N–H and O–H groups in total. The molecule has 102 valence electrons. The van der Waals surface area contributed by atoms with E-state index in [1.54, 1.807) is 13.0 Å². The summed E-state index contributed by atoms with van der Waals surface area (Å²) in [7, 11) is 1.84. The Morgan fingerprint density at radius 3 is 2.37 bits per heavy atom. The molecule has 0 amide bonds. The minimum absolute atomic E-state index is 0.569. The Morgan fingerprint density at radius 1 is 1.21 bits per heavy atom. The lowest BCUT2D eigenvalue weighted by atomic mass is 10.0. The number of anilines is 2. The van der Waals surface area contributed by atoms with Gasteiger partial charge in [-0.3, -0.25) is 0 Å². The van der Waals surface area contributed by atoms with Gasteiger partial charge in [-0.25, -0.2) is 0 Å². The lowest BCUT2D eigenvalue weighted by molar-refractivity contribution is 1.21. The fourth-order valence-electron chi connectivity index (χ4n) is 1.64. The zero-order valence-electron chi connectivity index (χ0n) is 11.7. The fraction of sp³-hybridized carbons (Fsp3) is 0.200. The molecule has 0 atom stereocenters. The van der Waals surface area contributed by atoms with E-state index in [1.165, 1.54) is 0 Å². The van der Waals surface area contributed by atoms with Gasteiger partial charge in [0.25, 0.3) is 0 Å². The van der Waals surface area contributed by atoms with Crippen LogP contribution in [0, 0.1) is 0 Å². The summed E-state index contributed by atoms with van der Waals surface area (Å²) in [6.45, 7) is 3.74. The van der Waals surface area contributed by atoms with Gasteiger partial charge >= 0.3 is 0 Å². The van der Waals surface area contributed by atoms with Gasteiger partial charge in [0.05, 0.1) is 17.1 Å². The normalized spacial score (nSPS) is 13.5. The molecule has 0 heterocycles. The van der Waals surface area contributed by atoms with Gasteiger partial charge in [-0.2, -0.15) is 0 Å². The standard InChI is InChI=1S/C15H22N4/c1-4-11(5-7-13(17)10(2)16)12-6-8-15(19-3)14(18)9-12/h4-9,19H,16-18H2,1-3H3/b7-5-,11-4+,13-10-. The predicted molar refractivity (Wildman–Crippen MR) is 84.3 cm³/mol. The Morgan fingerprint density at radius 2 is 1.89 bits per heavy atom. The van der Waals surface area contributed by atoms with Gasteiger partial charge in [0.1, 0.15) is 0 Å². The first-order valence-corrected chi connectivity index (χ1v) is 6.13. The van der Waals surface area contributed by atoms with Crippen LogP contribution in [0.3, 0.4) is 0 Å². The maximum Gasteiger partial charge on any atom is 0.0571 e. The summed E-state index contributed by atoms with van der Waals surface area (Å²) in [6.07, 6.45) is 5.73. The van der Waals surface area contributed by atoms with E-state index < -0.39 is 0 Å². The van der Waals surface area contributed by atoms with E-state index in [0.717, 1.165) is 16.8 Å². The van der Waals surface area contributed by atoms with E-state index in [0.29, 0.717) is 17.1 Å². The van der Waals surface area contributed by atoms with E-state index in [9.17, 15) is 0 Å². The molecule has 4 nitrogen and oxygen atoms in total. The van der Waals surface area contributed by atoms with Gasteiger partial charge in [0.2, 0.25) is 0 Å². The monoisotopic (exact) mass is 258 g/mol. The second kappa shape index (κ2) is 6.54. The molecule has 0 unspecified atom stereocenters. The van der Waals surface area contributed by atoms with E-state index in [1.807, 2.05) is 44.3 Å². The SMILES string of the molecule is C\C=C(/C=C\C(N)=C(/C)N)c1ccc(NC)c(N)c1. The maximum atomic E-state index is 5.96. The molecule has 1 aromatic rings. The number of nitrogens with two attached hydrogens (primary N) is 3. The summed E-state index contributed by atoms with van der Waals surface area (Å²) in [5, 5.41) is 3.04. The van der Waals surface area contributed by atoms with Crippen molar-refractivity contribution in [1.29, 1.82) is 0 Å². The Bertz CT molecular complexity index is 535. The third-order valence-corrected chi connectivity index (χ3v) is 2.86. The molecule has 0 saturated heterocycles. The van der Waals surface area contributed by atoms with Gasteiger partial charge < -0.3 is 22.5 Å². The molecule has 0 aliphatic carbocycles.